The third-order valence-electron chi connectivity index (χ3n) is 3.17. The molecule has 3 nitrogen and oxygen atoms in total. The smallest absolute Gasteiger partial charge is 0.134 e. The fraction of sp³-hybridized carbons (Fsp3) is 0.500. The van der Waals surface area contributed by atoms with Gasteiger partial charge in [-0.25, -0.2) is 4.39 Å². The van der Waals surface area contributed by atoms with Gasteiger partial charge in [0.1, 0.15) is 11.6 Å². The van der Waals surface area contributed by atoms with Crippen molar-refractivity contribution >= 4 is 15.9 Å². The van der Waals surface area contributed by atoms with Crippen LogP contribution in [0.4, 0.5) is 4.39 Å². The van der Waals surface area contributed by atoms with Gasteiger partial charge in [-0.1, -0.05) is 0 Å². The Morgan fingerprint density at radius 2 is 2.12 bits per heavy atom. The van der Waals surface area contributed by atoms with Crippen molar-refractivity contribution in [1.29, 1.82) is 0 Å². The molecule has 1 fully saturated rings. The first kappa shape index (κ1) is 12.8. The summed E-state index contributed by atoms with van der Waals surface area (Å²) in [5.74, 6) is -0.123. The highest BCUT2D eigenvalue weighted by Crippen LogP contribution is 2.33. The van der Waals surface area contributed by atoms with Crippen LogP contribution in [0.1, 0.15) is 11.1 Å². The van der Waals surface area contributed by atoms with Crippen LogP contribution >= 0.6 is 15.9 Å². The Morgan fingerprint density at radius 1 is 1.47 bits per heavy atom. The second-order valence-corrected chi connectivity index (χ2v) is 5.17. The average molecular weight is 303 g/mol. The van der Waals surface area contributed by atoms with Crippen LogP contribution in [0.2, 0.25) is 0 Å². The SMILES string of the molecule is Cc1c(F)cc(Br)c(O)c1CN1CCNCC1. The lowest BCUT2D eigenvalue weighted by Gasteiger charge is -2.28. The van der Waals surface area contributed by atoms with E-state index < -0.39 is 0 Å². The Kier molecular flexibility index (Phi) is 4.01. The number of nitrogens with zero attached hydrogens (tertiary/aromatic N) is 1. The highest BCUT2D eigenvalue weighted by Gasteiger charge is 2.17. The molecule has 0 radical (unpaired) electrons. The van der Waals surface area contributed by atoms with Crippen LogP contribution in [0.3, 0.4) is 0 Å². The van der Waals surface area contributed by atoms with E-state index in [1.165, 1.54) is 6.07 Å². The predicted octanol–water partition coefficient (Wildman–Crippen LogP) is 2.01. The summed E-state index contributed by atoms with van der Waals surface area (Å²) in [6.07, 6.45) is 0. The molecule has 2 rings (SSSR count). The Bertz CT molecular complexity index is 393. The molecule has 0 unspecified atom stereocenters. The molecule has 0 bridgehead atoms. The van der Waals surface area contributed by atoms with Gasteiger partial charge in [-0.3, -0.25) is 4.90 Å². The predicted molar refractivity (Wildman–Crippen MR) is 68.6 cm³/mol. The second-order valence-electron chi connectivity index (χ2n) is 4.32. The summed E-state index contributed by atoms with van der Waals surface area (Å²) in [5.41, 5.74) is 1.21. The third kappa shape index (κ3) is 2.78. The third-order valence-corrected chi connectivity index (χ3v) is 3.77. The minimum atomic E-state index is -0.278. The normalized spacial score (nSPS) is 17.4. The van der Waals surface area contributed by atoms with Gasteiger partial charge < -0.3 is 10.4 Å². The zero-order valence-electron chi connectivity index (χ0n) is 9.76. The molecule has 1 aromatic carbocycles. The van der Waals surface area contributed by atoms with Crippen LogP contribution in [0.5, 0.6) is 5.75 Å². The zero-order chi connectivity index (χ0) is 12.4. The van der Waals surface area contributed by atoms with Gasteiger partial charge in [0.05, 0.1) is 4.47 Å². The molecule has 94 valence electrons. The quantitative estimate of drug-likeness (QED) is 0.877. The van der Waals surface area contributed by atoms with Gasteiger partial charge in [-0.2, -0.15) is 0 Å². The molecule has 0 atom stereocenters. The van der Waals surface area contributed by atoms with Crippen molar-refractivity contribution in [3.05, 3.63) is 27.5 Å². The molecule has 0 amide bonds. The molecule has 5 heteroatoms. The molecule has 0 saturated carbocycles. The first-order valence-corrected chi connectivity index (χ1v) is 6.48. The zero-order valence-corrected chi connectivity index (χ0v) is 11.3. The first-order chi connectivity index (χ1) is 8.09. The Labute approximate surface area is 109 Å². The van der Waals surface area contributed by atoms with Crippen molar-refractivity contribution in [2.45, 2.75) is 13.5 Å². The Balaban J connectivity index is 2.24. The average Bonchev–Trinajstić information content (AvgIpc) is 2.33. The van der Waals surface area contributed by atoms with E-state index in [-0.39, 0.29) is 11.6 Å². The van der Waals surface area contributed by atoms with Crippen LogP contribution in [0.25, 0.3) is 0 Å². The van der Waals surface area contributed by atoms with E-state index in [4.69, 9.17) is 0 Å². The number of hydrogen-bond donors (Lipinski definition) is 2. The second kappa shape index (κ2) is 5.33. The molecule has 17 heavy (non-hydrogen) atoms. The number of benzene rings is 1. The van der Waals surface area contributed by atoms with Gasteiger partial charge in [-0.05, 0) is 34.5 Å². The van der Waals surface area contributed by atoms with Gasteiger partial charge >= 0.3 is 0 Å². The van der Waals surface area contributed by atoms with Gasteiger partial charge in [0.15, 0.2) is 0 Å². The Morgan fingerprint density at radius 3 is 2.76 bits per heavy atom. The van der Waals surface area contributed by atoms with Crippen molar-refractivity contribution in [3.8, 4) is 5.75 Å². The molecule has 2 N–H and O–H groups in total. The summed E-state index contributed by atoms with van der Waals surface area (Å²) in [5, 5.41) is 13.2. The lowest BCUT2D eigenvalue weighted by atomic mass is 10.1. The maximum Gasteiger partial charge on any atom is 0.134 e. The number of piperazine rings is 1. The minimum absolute atomic E-state index is 0.155. The number of halogens is 2. The van der Waals surface area contributed by atoms with E-state index in [1.54, 1.807) is 6.92 Å². The molecule has 1 saturated heterocycles. The highest BCUT2D eigenvalue weighted by molar-refractivity contribution is 9.10. The molecular formula is C12H16BrFN2O. The van der Waals surface area contributed by atoms with E-state index in [0.29, 0.717) is 22.1 Å². The molecule has 1 aliphatic heterocycles. The number of phenolic OH excluding ortho intramolecular Hbond substituents is 1. The van der Waals surface area contributed by atoms with Crippen LogP contribution in [0.15, 0.2) is 10.5 Å². The van der Waals surface area contributed by atoms with E-state index in [0.717, 1.165) is 26.2 Å². The molecule has 1 aromatic rings. The maximum atomic E-state index is 13.6. The minimum Gasteiger partial charge on any atom is -0.506 e. The van der Waals surface area contributed by atoms with E-state index in [2.05, 4.69) is 26.1 Å². The number of rotatable bonds is 2. The van der Waals surface area contributed by atoms with E-state index >= 15 is 0 Å². The van der Waals surface area contributed by atoms with Crippen LogP contribution in [-0.4, -0.2) is 36.2 Å². The highest BCUT2D eigenvalue weighted by atomic mass is 79.9. The van der Waals surface area contributed by atoms with Crippen LogP contribution in [0, 0.1) is 12.7 Å². The number of hydrogen-bond acceptors (Lipinski definition) is 3. The molecule has 0 spiro atoms. The summed E-state index contributed by atoms with van der Waals surface area (Å²) < 4.78 is 14.0. The van der Waals surface area contributed by atoms with Gasteiger partial charge in [-0.15, -0.1) is 0 Å². The van der Waals surface area contributed by atoms with Gasteiger partial charge in [0, 0.05) is 38.3 Å². The number of aromatic hydroxyl groups is 1. The summed E-state index contributed by atoms with van der Waals surface area (Å²) in [4.78, 5) is 2.21. The molecule has 1 heterocycles. The topological polar surface area (TPSA) is 35.5 Å². The molecule has 1 aliphatic rings. The van der Waals surface area contributed by atoms with Crippen LogP contribution in [-0.2, 0) is 6.54 Å². The Hall–Kier alpha value is -0.650. The fourth-order valence-electron chi connectivity index (χ4n) is 2.04. The summed E-state index contributed by atoms with van der Waals surface area (Å²) in [6, 6.07) is 1.31. The van der Waals surface area contributed by atoms with Crippen molar-refractivity contribution in [2.24, 2.45) is 0 Å². The van der Waals surface area contributed by atoms with E-state index in [1.807, 2.05) is 0 Å². The summed E-state index contributed by atoms with van der Waals surface area (Å²) >= 11 is 3.17. The van der Waals surface area contributed by atoms with Crippen molar-refractivity contribution in [3.63, 3.8) is 0 Å². The maximum absolute atomic E-state index is 13.6. The summed E-state index contributed by atoms with van der Waals surface area (Å²) in [7, 11) is 0. The number of phenols is 1. The molecule has 0 aliphatic carbocycles. The van der Waals surface area contributed by atoms with E-state index in [9.17, 15) is 9.50 Å². The molecule has 0 aromatic heterocycles. The van der Waals surface area contributed by atoms with Crippen molar-refractivity contribution < 1.29 is 9.50 Å². The lowest BCUT2D eigenvalue weighted by Crippen LogP contribution is -2.43. The lowest BCUT2D eigenvalue weighted by molar-refractivity contribution is 0.229. The standard InChI is InChI=1S/C12H16BrFN2O/c1-8-9(7-16-4-2-15-3-5-16)12(17)10(13)6-11(8)14/h6,15,17H,2-5,7H2,1H3. The largest absolute Gasteiger partial charge is 0.506 e. The number of nitrogens with one attached hydrogen (secondary N) is 1. The van der Waals surface area contributed by atoms with Crippen LogP contribution < -0.4 is 5.32 Å². The van der Waals surface area contributed by atoms with Crippen molar-refractivity contribution in [1.82, 2.24) is 10.2 Å². The first-order valence-electron chi connectivity index (χ1n) is 5.69. The monoisotopic (exact) mass is 302 g/mol. The fourth-order valence-corrected chi connectivity index (χ4v) is 2.48. The summed E-state index contributed by atoms with van der Waals surface area (Å²) in [6.45, 7) is 6.03. The van der Waals surface area contributed by atoms with Gasteiger partial charge in [0.25, 0.3) is 0 Å². The van der Waals surface area contributed by atoms with Crippen molar-refractivity contribution in [2.75, 3.05) is 26.2 Å². The molecular weight excluding hydrogens is 287 g/mol. The van der Waals surface area contributed by atoms with Gasteiger partial charge in [0.2, 0.25) is 0 Å².